The second kappa shape index (κ2) is 3.93. The predicted octanol–water partition coefficient (Wildman–Crippen LogP) is -1.57. The minimum absolute atomic E-state index is 0.0345. The molecular formula is C9H12FN2O4+. The molecule has 0 saturated carbocycles. The second-order valence-electron chi connectivity index (χ2n) is 3.79. The molecule has 6 nitrogen and oxygen atoms in total. The zero-order valence-electron chi connectivity index (χ0n) is 8.40. The van der Waals surface area contributed by atoms with Crippen molar-refractivity contribution in [2.45, 2.75) is 24.9 Å². The number of rotatable bonds is 2. The van der Waals surface area contributed by atoms with Crippen molar-refractivity contribution in [2.24, 2.45) is 0 Å². The first-order valence-electron chi connectivity index (χ1n) is 4.92. The molecule has 3 N–H and O–H groups in total. The number of imide groups is 1. The van der Waals surface area contributed by atoms with Crippen LogP contribution in [0.15, 0.2) is 12.3 Å². The summed E-state index contributed by atoms with van der Waals surface area (Å²) in [7, 11) is 0. The maximum Gasteiger partial charge on any atom is 0.428 e. The number of amides is 3. The van der Waals surface area contributed by atoms with E-state index >= 15 is 0 Å². The van der Waals surface area contributed by atoms with Crippen LogP contribution in [0.1, 0.15) is 12.8 Å². The highest BCUT2D eigenvalue weighted by molar-refractivity contribution is 5.99. The Labute approximate surface area is 90.7 Å². The SMILES string of the molecule is O=C1C=C[NH+]([C@H]2CC[C@@](F)(CO)O2)C(=O)N1. The van der Waals surface area contributed by atoms with E-state index in [0.29, 0.717) is 6.42 Å². The van der Waals surface area contributed by atoms with Gasteiger partial charge < -0.3 is 5.11 Å². The molecule has 0 spiro atoms. The van der Waals surface area contributed by atoms with Gasteiger partial charge in [0.15, 0.2) is 0 Å². The topological polar surface area (TPSA) is 80.1 Å². The van der Waals surface area contributed by atoms with Crippen LogP contribution in [0.25, 0.3) is 0 Å². The molecule has 0 aromatic carbocycles. The molecule has 16 heavy (non-hydrogen) atoms. The number of carbonyl (C=O) groups excluding carboxylic acids is 2. The van der Waals surface area contributed by atoms with Crippen LogP contribution in [0.4, 0.5) is 9.18 Å². The highest BCUT2D eigenvalue weighted by Crippen LogP contribution is 2.28. The fourth-order valence-electron chi connectivity index (χ4n) is 1.78. The van der Waals surface area contributed by atoms with Crippen molar-refractivity contribution in [2.75, 3.05) is 6.61 Å². The minimum Gasteiger partial charge on any atom is -0.390 e. The predicted molar refractivity (Wildman–Crippen MR) is 48.7 cm³/mol. The number of nitrogens with one attached hydrogen (secondary N) is 2. The standard InChI is InChI=1S/C9H11FN2O4/c10-9(5-13)3-1-7(16-9)12-4-2-6(14)11-8(12)15/h2,4,7,13H,1,3,5H2,(H,11,14,15)/p+1/t7-,9+/m1/s1. The zero-order chi connectivity index (χ0) is 11.8. The summed E-state index contributed by atoms with van der Waals surface area (Å²) in [4.78, 5) is 22.5. The molecule has 3 amide bonds. The Morgan fingerprint density at radius 2 is 2.44 bits per heavy atom. The summed E-state index contributed by atoms with van der Waals surface area (Å²) in [6.45, 7) is -0.735. The van der Waals surface area contributed by atoms with Crippen LogP contribution in [-0.2, 0) is 9.53 Å². The fraction of sp³-hybridized carbons (Fsp3) is 0.556. The van der Waals surface area contributed by atoms with Crippen molar-refractivity contribution in [3.63, 3.8) is 0 Å². The summed E-state index contributed by atoms with van der Waals surface area (Å²) in [6, 6.07) is -0.570. The Bertz CT molecular complexity index is 359. The number of halogens is 1. The molecule has 0 aromatic rings. The van der Waals surface area contributed by atoms with E-state index in [9.17, 15) is 14.0 Å². The molecule has 2 heterocycles. The number of ether oxygens (including phenoxy) is 1. The third-order valence-corrected chi connectivity index (χ3v) is 2.63. The molecule has 2 rings (SSSR count). The monoisotopic (exact) mass is 231 g/mol. The highest BCUT2D eigenvalue weighted by Gasteiger charge is 2.47. The maximum atomic E-state index is 13.5. The first-order chi connectivity index (χ1) is 7.54. The number of quaternary nitrogens is 1. The lowest BCUT2D eigenvalue weighted by Gasteiger charge is -2.22. The van der Waals surface area contributed by atoms with Crippen LogP contribution in [0.3, 0.4) is 0 Å². The van der Waals surface area contributed by atoms with E-state index < -0.39 is 30.6 Å². The second-order valence-corrected chi connectivity index (χ2v) is 3.79. The average molecular weight is 231 g/mol. The van der Waals surface area contributed by atoms with Crippen LogP contribution >= 0.6 is 0 Å². The Morgan fingerprint density at radius 3 is 3.00 bits per heavy atom. The van der Waals surface area contributed by atoms with E-state index in [4.69, 9.17) is 9.84 Å². The van der Waals surface area contributed by atoms with E-state index in [2.05, 4.69) is 5.32 Å². The van der Waals surface area contributed by atoms with Crippen molar-refractivity contribution < 1.29 is 28.7 Å². The lowest BCUT2D eigenvalue weighted by Crippen LogP contribution is -3.16. The van der Waals surface area contributed by atoms with Gasteiger partial charge in [0.25, 0.3) is 5.91 Å². The summed E-state index contributed by atoms with van der Waals surface area (Å²) < 4.78 is 18.5. The van der Waals surface area contributed by atoms with Crippen molar-refractivity contribution in [3.8, 4) is 0 Å². The van der Waals surface area contributed by atoms with Crippen LogP contribution in [0.2, 0.25) is 0 Å². The Hall–Kier alpha value is -1.31. The molecule has 0 radical (unpaired) electrons. The van der Waals surface area contributed by atoms with E-state index in [1.54, 1.807) is 0 Å². The molecule has 3 atom stereocenters. The summed E-state index contributed by atoms with van der Waals surface area (Å²) >= 11 is 0. The number of alkyl halides is 1. The summed E-state index contributed by atoms with van der Waals surface area (Å²) in [5.41, 5.74) is 0. The molecule has 88 valence electrons. The number of urea groups is 1. The molecule has 2 aliphatic heterocycles. The molecule has 2 aliphatic rings. The molecule has 1 fully saturated rings. The third kappa shape index (κ3) is 1.97. The molecule has 0 aromatic heterocycles. The van der Waals surface area contributed by atoms with Gasteiger partial charge >= 0.3 is 6.03 Å². The first kappa shape index (κ1) is 11.2. The van der Waals surface area contributed by atoms with Crippen molar-refractivity contribution >= 4 is 11.9 Å². The van der Waals surface area contributed by atoms with Gasteiger partial charge in [0.2, 0.25) is 12.1 Å². The molecule has 1 unspecified atom stereocenters. The molecule has 1 saturated heterocycles. The lowest BCUT2D eigenvalue weighted by molar-refractivity contribution is -0.820. The maximum absolute atomic E-state index is 13.5. The lowest BCUT2D eigenvalue weighted by atomic mass is 10.2. The minimum atomic E-state index is -2.08. The summed E-state index contributed by atoms with van der Waals surface area (Å²) in [5, 5.41) is 10.9. The van der Waals surface area contributed by atoms with Gasteiger partial charge in [-0.2, -0.15) is 4.90 Å². The Kier molecular flexibility index (Phi) is 2.75. The van der Waals surface area contributed by atoms with Crippen molar-refractivity contribution in [3.05, 3.63) is 12.3 Å². The van der Waals surface area contributed by atoms with Crippen LogP contribution in [0.5, 0.6) is 0 Å². The molecule has 0 aliphatic carbocycles. The van der Waals surface area contributed by atoms with Gasteiger partial charge in [0.05, 0.1) is 6.08 Å². The summed E-state index contributed by atoms with van der Waals surface area (Å²) in [6.07, 6.45) is 2.15. The fourth-order valence-corrected chi connectivity index (χ4v) is 1.78. The Balaban J connectivity index is 2.07. The molecule has 0 bridgehead atoms. The van der Waals surface area contributed by atoms with Gasteiger partial charge in [-0.15, -0.1) is 0 Å². The van der Waals surface area contributed by atoms with Gasteiger partial charge in [-0.05, 0) is 0 Å². The number of carbonyl (C=O) groups is 2. The highest BCUT2D eigenvalue weighted by atomic mass is 19.2. The quantitative estimate of drug-likeness (QED) is 0.536. The summed E-state index contributed by atoms with van der Waals surface area (Å²) in [5.74, 6) is -2.58. The normalized spacial score (nSPS) is 38.9. The Morgan fingerprint density at radius 1 is 1.69 bits per heavy atom. The largest absolute Gasteiger partial charge is 0.428 e. The number of hydrogen-bond acceptors (Lipinski definition) is 4. The van der Waals surface area contributed by atoms with Crippen LogP contribution in [-0.4, -0.2) is 35.7 Å². The van der Waals surface area contributed by atoms with E-state index in [1.165, 1.54) is 12.3 Å². The van der Waals surface area contributed by atoms with Crippen LogP contribution in [0, 0.1) is 0 Å². The van der Waals surface area contributed by atoms with Gasteiger partial charge in [0, 0.05) is 12.8 Å². The third-order valence-electron chi connectivity index (χ3n) is 2.63. The van der Waals surface area contributed by atoms with E-state index in [0.717, 1.165) is 0 Å². The van der Waals surface area contributed by atoms with Gasteiger partial charge in [-0.25, -0.2) is 14.5 Å². The van der Waals surface area contributed by atoms with Gasteiger partial charge in [-0.1, -0.05) is 0 Å². The van der Waals surface area contributed by atoms with Gasteiger partial charge in [-0.3, -0.25) is 9.53 Å². The zero-order valence-corrected chi connectivity index (χ0v) is 8.40. The molecule has 7 heteroatoms. The number of hydrogen-bond donors (Lipinski definition) is 3. The van der Waals surface area contributed by atoms with Crippen molar-refractivity contribution in [1.29, 1.82) is 0 Å². The molecular weight excluding hydrogens is 219 g/mol. The first-order valence-corrected chi connectivity index (χ1v) is 4.92. The van der Waals surface area contributed by atoms with E-state index in [-0.39, 0.29) is 11.3 Å². The smallest absolute Gasteiger partial charge is 0.390 e. The van der Waals surface area contributed by atoms with Crippen molar-refractivity contribution in [1.82, 2.24) is 5.32 Å². The van der Waals surface area contributed by atoms with E-state index in [1.807, 2.05) is 0 Å². The number of aliphatic hydroxyl groups is 1. The van der Waals surface area contributed by atoms with Crippen LogP contribution < -0.4 is 10.2 Å². The average Bonchev–Trinajstić information content (AvgIpc) is 2.62. The number of aliphatic hydroxyl groups excluding tert-OH is 1. The van der Waals surface area contributed by atoms with Gasteiger partial charge in [0.1, 0.15) is 12.8 Å².